The van der Waals surface area contributed by atoms with Crippen LogP contribution in [0, 0.1) is 0 Å². The van der Waals surface area contributed by atoms with Crippen molar-refractivity contribution in [2.75, 3.05) is 24.6 Å². The molecule has 82 valence electrons. The third-order valence-corrected chi connectivity index (χ3v) is 4.42. The third-order valence-electron chi connectivity index (χ3n) is 2.95. The van der Waals surface area contributed by atoms with Crippen molar-refractivity contribution >= 4 is 27.7 Å². The summed E-state index contributed by atoms with van der Waals surface area (Å²) in [5.74, 6) is 2.56. The van der Waals surface area contributed by atoms with Gasteiger partial charge in [0.15, 0.2) is 0 Å². The molecule has 0 aliphatic carbocycles. The van der Waals surface area contributed by atoms with Crippen molar-refractivity contribution in [3.05, 3.63) is 34.3 Å². The van der Waals surface area contributed by atoms with Crippen LogP contribution in [0.4, 0.5) is 0 Å². The van der Waals surface area contributed by atoms with Crippen molar-refractivity contribution in [1.82, 2.24) is 4.90 Å². The Bertz CT molecular complexity index is 306. The summed E-state index contributed by atoms with van der Waals surface area (Å²) in [5, 5.41) is 0. The Morgan fingerprint density at radius 2 is 1.80 bits per heavy atom. The topological polar surface area (TPSA) is 3.24 Å². The highest BCUT2D eigenvalue weighted by Crippen LogP contribution is 2.24. The SMILES string of the molecule is CC(c1ccc(Br)cc1)N1CCSCC1. The van der Waals surface area contributed by atoms with Crippen molar-refractivity contribution in [2.45, 2.75) is 13.0 Å². The first kappa shape index (κ1) is 11.5. The minimum Gasteiger partial charge on any atom is -0.295 e. The summed E-state index contributed by atoms with van der Waals surface area (Å²) in [6.07, 6.45) is 0. The molecule has 3 heteroatoms. The number of halogens is 1. The summed E-state index contributed by atoms with van der Waals surface area (Å²) >= 11 is 5.54. The first-order valence-corrected chi connectivity index (χ1v) is 7.29. The molecule has 1 aliphatic heterocycles. The van der Waals surface area contributed by atoms with E-state index in [-0.39, 0.29) is 0 Å². The van der Waals surface area contributed by atoms with E-state index in [1.165, 1.54) is 30.2 Å². The fraction of sp³-hybridized carbons (Fsp3) is 0.500. The van der Waals surface area contributed by atoms with Gasteiger partial charge in [-0.3, -0.25) is 4.90 Å². The molecule has 1 heterocycles. The Labute approximate surface area is 104 Å². The van der Waals surface area contributed by atoms with Gasteiger partial charge >= 0.3 is 0 Å². The van der Waals surface area contributed by atoms with E-state index in [2.05, 4.69) is 63.8 Å². The maximum absolute atomic E-state index is 3.47. The zero-order valence-electron chi connectivity index (χ0n) is 8.95. The minimum absolute atomic E-state index is 0.555. The highest BCUT2D eigenvalue weighted by atomic mass is 79.9. The third kappa shape index (κ3) is 2.99. The van der Waals surface area contributed by atoms with E-state index in [0.717, 1.165) is 4.47 Å². The molecule has 1 unspecified atom stereocenters. The lowest BCUT2D eigenvalue weighted by Gasteiger charge is -2.32. The number of benzene rings is 1. The number of hydrogen-bond acceptors (Lipinski definition) is 2. The summed E-state index contributed by atoms with van der Waals surface area (Å²) in [6, 6.07) is 9.25. The van der Waals surface area contributed by atoms with E-state index < -0.39 is 0 Å². The van der Waals surface area contributed by atoms with Gasteiger partial charge < -0.3 is 0 Å². The molecule has 0 saturated carbocycles. The van der Waals surface area contributed by atoms with Crippen molar-refractivity contribution in [3.8, 4) is 0 Å². The van der Waals surface area contributed by atoms with E-state index in [9.17, 15) is 0 Å². The lowest BCUT2D eigenvalue weighted by molar-refractivity contribution is 0.233. The summed E-state index contributed by atoms with van der Waals surface area (Å²) in [7, 11) is 0. The molecule has 0 spiro atoms. The maximum Gasteiger partial charge on any atom is 0.0320 e. The molecule has 0 radical (unpaired) electrons. The van der Waals surface area contributed by atoms with Gasteiger partial charge in [-0.25, -0.2) is 0 Å². The highest BCUT2D eigenvalue weighted by molar-refractivity contribution is 9.10. The Morgan fingerprint density at radius 3 is 2.40 bits per heavy atom. The summed E-state index contributed by atoms with van der Waals surface area (Å²) in [5.41, 5.74) is 1.42. The Hall–Kier alpha value is 0.01000. The Balaban J connectivity index is 2.05. The average Bonchev–Trinajstić information content (AvgIpc) is 2.30. The molecule has 0 aromatic heterocycles. The second kappa shape index (κ2) is 5.37. The van der Waals surface area contributed by atoms with Gasteiger partial charge in [0.1, 0.15) is 0 Å². The van der Waals surface area contributed by atoms with Crippen LogP contribution in [0.1, 0.15) is 18.5 Å². The van der Waals surface area contributed by atoms with E-state index >= 15 is 0 Å². The van der Waals surface area contributed by atoms with E-state index in [0.29, 0.717) is 6.04 Å². The van der Waals surface area contributed by atoms with Gasteiger partial charge in [-0.05, 0) is 24.6 Å². The second-order valence-electron chi connectivity index (χ2n) is 3.88. The molecular formula is C12H16BrNS. The fourth-order valence-electron chi connectivity index (χ4n) is 1.92. The fourth-order valence-corrected chi connectivity index (χ4v) is 3.11. The summed E-state index contributed by atoms with van der Waals surface area (Å²) in [4.78, 5) is 2.57. The molecule has 0 amide bonds. The number of rotatable bonds is 2. The average molecular weight is 286 g/mol. The molecule has 0 N–H and O–H groups in total. The van der Waals surface area contributed by atoms with E-state index in [4.69, 9.17) is 0 Å². The predicted molar refractivity (Wildman–Crippen MR) is 71.5 cm³/mol. The van der Waals surface area contributed by atoms with Gasteiger partial charge in [0, 0.05) is 35.1 Å². The van der Waals surface area contributed by atoms with Gasteiger partial charge in [-0.1, -0.05) is 28.1 Å². The van der Waals surface area contributed by atoms with Gasteiger partial charge in [-0.15, -0.1) is 0 Å². The van der Waals surface area contributed by atoms with Crippen LogP contribution in [0.25, 0.3) is 0 Å². The van der Waals surface area contributed by atoms with E-state index in [1.54, 1.807) is 0 Å². The molecule has 15 heavy (non-hydrogen) atoms. The number of nitrogens with zero attached hydrogens (tertiary/aromatic N) is 1. The summed E-state index contributed by atoms with van der Waals surface area (Å²) in [6.45, 7) is 4.75. The van der Waals surface area contributed by atoms with Crippen LogP contribution in [-0.2, 0) is 0 Å². The second-order valence-corrected chi connectivity index (χ2v) is 6.02. The molecule has 1 saturated heterocycles. The quantitative estimate of drug-likeness (QED) is 0.818. The van der Waals surface area contributed by atoms with Gasteiger partial charge in [0.25, 0.3) is 0 Å². The lowest BCUT2D eigenvalue weighted by atomic mass is 10.1. The van der Waals surface area contributed by atoms with Gasteiger partial charge in [0.05, 0.1) is 0 Å². The molecule has 1 aromatic carbocycles. The van der Waals surface area contributed by atoms with Crippen molar-refractivity contribution < 1.29 is 0 Å². The molecule has 1 aromatic rings. The number of hydrogen-bond donors (Lipinski definition) is 0. The van der Waals surface area contributed by atoms with Gasteiger partial charge in [-0.2, -0.15) is 11.8 Å². The van der Waals surface area contributed by atoms with Crippen LogP contribution >= 0.6 is 27.7 Å². The highest BCUT2D eigenvalue weighted by Gasteiger charge is 2.17. The molecular weight excluding hydrogens is 270 g/mol. The Morgan fingerprint density at radius 1 is 1.20 bits per heavy atom. The van der Waals surface area contributed by atoms with Crippen LogP contribution in [-0.4, -0.2) is 29.5 Å². The van der Waals surface area contributed by atoms with Gasteiger partial charge in [0.2, 0.25) is 0 Å². The summed E-state index contributed by atoms with van der Waals surface area (Å²) < 4.78 is 1.16. The van der Waals surface area contributed by atoms with Crippen LogP contribution in [0.2, 0.25) is 0 Å². The Kier molecular flexibility index (Phi) is 4.12. The zero-order chi connectivity index (χ0) is 10.7. The standard InChI is InChI=1S/C12H16BrNS/c1-10(14-6-8-15-9-7-14)11-2-4-12(13)5-3-11/h2-5,10H,6-9H2,1H3. The molecule has 0 bridgehead atoms. The maximum atomic E-state index is 3.47. The monoisotopic (exact) mass is 285 g/mol. The lowest BCUT2D eigenvalue weighted by Crippen LogP contribution is -2.34. The molecule has 1 atom stereocenters. The first-order valence-electron chi connectivity index (χ1n) is 5.34. The molecule has 1 aliphatic rings. The van der Waals surface area contributed by atoms with Crippen LogP contribution in [0.5, 0.6) is 0 Å². The smallest absolute Gasteiger partial charge is 0.0320 e. The van der Waals surface area contributed by atoms with Crippen molar-refractivity contribution in [1.29, 1.82) is 0 Å². The van der Waals surface area contributed by atoms with Crippen LogP contribution in [0.15, 0.2) is 28.7 Å². The van der Waals surface area contributed by atoms with Crippen LogP contribution < -0.4 is 0 Å². The first-order chi connectivity index (χ1) is 7.27. The van der Waals surface area contributed by atoms with Crippen LogP contribution in [0.3, 0.4) is 0 Å². The predicted octanol–water partition coefficient (Wildman–Crippen LogP) is 3.56. The van der Waals surface area contributed by atoms with E-state index in [1.807, 2.05) is 0 Å². The minimum atomic E-state index is 0.555. The largest absolute Gasteiger partial charge is 0.295 e. The molecule has 2 rings (SSSR count). The normalized spacial score (nSPS) is 20.1. The molecule has 1 nitrogen and oxygen atoms in total. The number of thioether (sulfide) groups is 1. The van der Waals surface area contributed by atoms with Crippen molar-refractivity contribution in [2.24, 2.45) is 0 Å². The molecule has 1 fully saturated rings. The van der Waals surface area contributed by atoms with Crippen molar-refractivity contribution in [3.63, 3.8) is 0 Å². The zero-order valence-corrected chi connectivity index (χ0v) is 11.4.